The summed E-state index contributed by atoms with van der Waals surface area (Å²) in [6, 6.07) is 18.9. The predicted molar refractivity (Wildman–Crippen MR) is 153 cm³/mol. The summed E-state index contributed by atoms with van der Waals surface area (Å²) in [4.78, 5) is 32.5. The van der Waals surface area contributed by atoms with Crippen LogP contribution in [0.15, 0.2) is 83.9 Å². The van der Waals surface area contributed by atoms with E-state index in [-0.39, 0.29) is 11.3 Å². The number of aliphatic hydroxyl groups excluding tert-OH is 1. The molecular weight excluding hydrogens is 544 g/mol. The zero-order chi connectivity index (χ0) is 28.3. The van der Waals surface area contributed by atoms with Gasteiger partial charge >= 0.3 is 5.91 Å². The molecule has 2 aliphatic heterocycles. The SMILES string of the molecule is CCOc1cc([C@@H]2C(=C(O)c3ccc4c(c3)OCCO4)C(=O)C(=O)N2c2nccs2)ccc1OCc1ccccc1. The average molecular weight is 571 g/mol. The van der Waals surface area contributed by atoms with Gasteiger partial charge in [-0.25, -0.2) is 4.98 Å². The van der Waals surface area contributed by atoms with Gasteiger partial charge in [-0.3, -0.25) is 14.5 Å². The highest BCUT2D eigenvalue weighted by Gasteiger charge is 2.48. The number of aromatic nitrogens is 1. The normalized spacial score (nSPS) is 17.5. The summed E-state index contributed by atoms with van der Waals surface area (Å²) in [5.41, 5.74) is 1.80. The molecule has 1 aromatic heterocycles. The molecule has 1 fully saturated rings. The minimum atomic E-state index is -0.961. The highest BCUT2D eigenvalue weighted by Crippen LogP contribution is 2.45. The van der Waals surface area contributed by atoms with Crippen LogP contribution in [0.2, 0.25) is 0 Å². The lowest BCUT2D eigenvalue weighted by molar-refractivity contribution is -0.132. The van der Waals surface area contributed by atoms with Gasteiger partial charge in [-0.1, -0.05) is 36.4 Å². The molecule has 3 aromatic carbocycles. The molecule has 0 aliphatic carbocycles. The quantitative estimate of drug-likeness (QED) is 0.168. The Morgan fingerprint density at radius 1 is 1.00 bits per heavy atom. The summed E-state index contributed by atoms with van der Waals surface area (Å²) in [5.74, 6) is 0.0187. The van der Waals surface area contributed by atoms with Crippen molar-refractivity contribution in [3.8, 4) is 23.0 Å². The maximum Gasteiger partial charge on any atom is 0.301 e. The number of amides is 1. The minimum Gasteiger partial charge on any atom is -0.507 e. The van der Waals surface area contributed by atoms with Gasteiger partial charge in [0.05, 0.1) is 18.2 Å². The number of hydrogen-bond donors (Lipinski definition) is 1. The lowest BCUT2D eigenvalue weighted by Gasteiger charge is -2.24. The Bertz CT molecular complexity index is 1620. The maximum atomic E-state index is 13.5. The van der Waals surface area contributed by atoms with E-state index < -0.39 is 17.7 Å². The number of anilines is 1. The van der Waals surface area contributed by atoms with Crippen molar-refractivity contribution in [2.75, 3.05) is 24.7 Å². The molecule has 2 aliphatic rings. The van der Waals surface area contributed by atoms with Gasteiger partial charge in [0, 0.05) is 17.1 Å². The van der Waals surface area contributed by atoms with Gasteiger partial charge in [-0.05, 0) is 48.4 Å². The lowest BCUT2D eigenvalue weighted by Crippen LogP contribution is -2.29. The number of fused-ring (bicyclic) bond motifs is 1. The molecule has 0 unspecified atom stereocenters. The first kappa shape index (κ1) is 26.4. The van der Waals surface area contributed by atoms with Crippen molar-refractivity contribution in [1.82, 2.24) is 4.98 Å². The third kappa shape index (κ3) is 5.09. The van der Waals surface area contributed by atoms with E-state index in [0.717, 1.165) is 5.56 Å². The first-order valence-corrected chi connectivity index (χ1v) is 14.0. The Morgan fingerprint density at radius 2 is 1.80 bits per heavy atom. The number of rotatable bonds is 8. The third-order valence-corrected chi connectivity index (χ3v) is 7.48. The number of carbonyl (C=O) groups is 2. The van der Waals surface area contributed by atoms with Crippen molar-refractivity contribution >= 4 is 33.9 Å². The fraction of sp³-hybridized carbons (Fsp3) is 0.194. The van der Waals surface area contributed by atoms with E-state index in [2.05, 4.69) is 4.98 Å². The number of thiazole rings is 1. The molecule has 0 bridgehead atoms. The van der Waals surface area contributed by atoms with E-state index in [1.807, 2.05) is 37.3 Å². The highest BCUT2D eigenvalue weighted by molar-refractivity contribution is 7.14. The van der Waals surface area contributed by atoms with Gasteiger partial charge < -0.3 is 24.1 Å². The first-order chi connectivity index (χ1) is 20.0. The van der Waals surface area contributed by atoms with Crippen LogP contribution >= 0.6 is 11.3 Å². The van der Waals surface area contributed by atoms with E-state index in [4.69, 9.17) is 18.9 Å². The van der Waals surface area contributed by atoms with Gasteiger partial charge in [0.1, 0.15) is 25.6 Å². The van der Waals surface area contributed by atoms with E-state index in [9.17, 15) is 14.7 Å². The third-order valence-electron chi connectivity index (χ3n) is 6.71. The van der Waals surface area contributed by atoms with Gasteiger partial charge in [-0.15, -0.1) is 11.3 Å². The first-order valence-electron chi connectivity index (χ1n) is 13.1. The fourth-order valence-corrected chi connectivity index (χ4v) is 5.51. The van der Waals surface area contributed by atoms with Crippen LogP contribution in [0.5, 0.6) is 23.0 Å². The second-order valence-electron chi connectivity index (χ2n) is 9.26. The standard InChI is InChI=1S/C31H26N2O7S/c1-2-37-24-16-20(8-10-23(24)40-18-19-6-4-3-5-7-19)27-26(29(35)30(36)33(27)31-32-12-15-41-31)28(34)21-9-11-22-25(17-21)39-14-13-38-22/h3-12,15-17,27,34H,2,13-14,18H2,1H3/t27-/m1/s1. The predicted octanol–water partition coefficient (Wildman–Crippen LogP) is 5.52. The molecule has 6 rings (SSSR count). The second kappa shape index (κ2) is 11.3. The zero-order valence-corrected chi connectivity index (χ0v) is 22.9. The molecule has 1 amide bonds. The van der Waals surface area contributed by atoms with Crippen LogP contribution in [0.4, 0.5) is 5.13 Å². The van der Waals surface area contributed by atoms with Crippen molar-refractivity contribution in [1.29, 1.82) is 0 Å². The molecule has 1 saturated heterocycles. The lowest BCUT2D eigenvalue weighted by atomic mass is 9.95. The second-order valence-corrected chi connectivity index (χ2v) is 10.1. The summed E-state index contributed by atoms with van der Waals surface area (Å²) in [6.07, 6.45) is 1.56. The van der Waals surface area contributed by atoms with Gasteiger partial charge in [-0.2, -0.15) is 0 Å². The smallest absolute Gasteiger partial charge is 0.301 e. The number of benzene rings is 3. The number of ketones is 1. The average Bonchev–Trinajstić information content (AvgIpc) is 3.63. The number of nitrogens with zero attached hydrogens (tertiary/aromatic N) is 2. The molecule has 9 nitrogen and oxygen atoms in total. The Labute approximate surface area is 240 Å². The van der Waals surface area contributed by atoms with E-state index >= 15 is 0 Å². The Morgan fingerprint density at radius 3 is 2.56 bits per heavy atom. The van der Waals surface area contributed by atoms with Crippen LogP contribution in [0, 0.1) is 0 Å². The highest BCUT2D eigenvalue weighted by atomic mass is 32.1. The van der Waals surface area contributed by atoms with E-state index in [1.54, 1.807) is 48.0 Å². The van der Waals surface area contributed by atoms with Crippen LogP contribution in [-0.4, -0.2) is 41.6 Å². The van der Waals surface area contributed by atoms with E-state index in [0.29, 0.717) is 65.7 Å². The summed E-state index contributed by atoms with van der Waals surface area (Å²) in [5, 5.41) is 13.6. The molecule has 208 valence electrons. The molecule has 0 spiro atoms. The summed E-state index contributed by atoms with van der Waals surface area (Å²) in [6.45, 7) is 3.35. The van der Waals surface area contributed by atoms with Crippen LogP contribution in [0.3, 0.4) is 0 Å². The number of hydrogen-bond acceptors (Lipinski definition) is 9. The summed E-state index contributed by atoms with van der Waals surface area (Å²) >= 11 is 1.22. The van der Waals surface area contributed by atoms with Crippen molar-refractivity contribution in [2.45, 2.75) is 19.6 Å². The number of carbonyl (C=O) groups excluding carboxylic acids is 2. The number of Topliss-reactive ketones (excluding diaryl/α,β-unsaturated/α-hetero) is 1. The monoisotopic (exact) mass is 570 g/mol. The number of ether oxygens (including phenoxy) is 4. The molecule has 1 N–H and O–H groups in total. The van der Waals surface area contributed by atoms with Crippen molar-refractivity contribution in [2.24, 2.45) is 0 Å². The fourth-order valence-electron chi connectivity index (χ4n) is 4.84. The molecule has 3 heterocycles. The summed E-state index contributed by atoms with van der Waals surface area (Å²) < 4.78 is 23.2. The maximum absolute atomic E-state index is 13.5. The Hall–Kier alpha value is -4.83. The minimum absolute atomic E-state index is 0.0673. The van der Waals surface area contributed by atoms with Crippen LogP contribution in [0.1, 0.15) is 29.7 Å². The molecule has 10 heteroatoms. The molecule has 0 saturated carbocycles. The van der Waals surface area contributed by atoms with Gasteiger partial charge in [0.2, 0.25) is 0 Å². The van der Waals surface area contributed by atoms with Crippen molar-refractivity contribution in [3.05, 3.63) is 101 Å². The van der Waals surface area contributed by atoms with Crippen molar-refractivity contribution in [3.63, 3.8) is 0 Å². The Balaban J connectivity index is 1.44. The van der Waals surface area contributed by atoms with Gasteiger partial charge in [0.15, 0.2) is 28.1 Å². The molecule has 41 heavy (non-hydrogen) atoms. The Kier molecular flexibility index (Phi) is 7.30. The largest absolute Gasteiger partial charge is 0.507 e. The molecule has 1 atom stereocenters. The zero-order valence-electron chi connectivity index (χ0n) is 22.1. The summed E-state index contributed by atoms with van der Waals surface area (Å²) in [7, 11) is 0. The molecular formula is C31H26N2O7S. The van der Waals surface area contributed by atoms with E-state index in [1.165, 1.54) is 16.2 Å². The van der Waals surface area contributed by atoms with Crippen LogP contribution in [0.25, 0.3) is 5.76 Å². The van der Waals surface area contributed by atoms with Crippen LogP contribution in [-0.2, 0) is 16.2 Å². The topological polar surface area (TPSA) is 107 Å². The molecule has 4 aromatic rings. The molecule has 0 radical (unpaired) electrons. The van der Waals surface area contributed by atoms with Crippen LogP contribution < -0.4 is 23.8 Å². The number of aliphatic hydroxyl groups is 1. The van der Waals surface area contributed by atoms with Crippen molar-refractivity contribution < 1.29 is 33.6 Å². The van der Waals surface area contributed by atoms with Gasteiger partial charge in [0.25, 0.3) is 5.78 Å².